The lowest BCUT2D eigenvalue weighted by atomic mass is 10.1. The second kappa shape index (κ2) is 4.13. The van der Waals surface area contributed by atoms with Crippen LogP contribution in [0.2, 0.25) is 0 Å². The number of hydrogen-bond donors (Lipinski definition) is 3. The summed E-state index contributed by atoms with van der Waals surface area (Å²) >= 11 is 0. The number of anilines is 2. The third-order valence-corrected chi connectivity index (χ3v) is 2.91. The van der Waals surface area contributed by atoms with Gasteiger partial charge in [-0.05, 0) is 36.4 Å². The van der Waals surface area contributed by atoms with E-state index in [-0.39, 0.29) is 11.7 Å². The van der Waals surface area contributed by atoms with Crippen molar-refractivity contribution in [1.29, 1.82) is 0 Å². The summed E-state index contributed by atoms with van der Waals surface area (Å²) in [5, 5.41) is 14.5. The van der Waals surface area contributed by atoms with Gasteiger partial charge in [0, 0.05) is 5.69 Å². The van der Waals surface area contributed by atoms with Gasteiger partial charge in [-0.15, -0.1) is 0 Å². The molecule has 3 N–H and O–H groups in total. The molecule has 0 fully saturated rings. The van der Waals surface area contributed by atoms with Crippen LogP contribution in [0.3, 0.4) is 0 Å². The van der Waals surface area contributed by atoms with E-state index in [1.54, 1.807) is 30.3 Å². The Kier molecular flexibility index (Phi) is 2.45. The molecule has 0 radical (unpaired) electrons. The molecule has 3 rings (SSSR count). The van der Waals surface area contributed by atoms with Crippen molar-refractivity contribution in [1.82, 2.24) is 5.32 Å². The number of nitrogens with one attached hydrogen (secondary N) is 2. The van der Waals surface area contributed by atoms with Gasteiger partial charge in [-0.25, -0.2) is 0 Å². The normalized spacial score (nSPS) is 13.1. The monoisotopic (exact) mass is 254 g/mol. The zero-order chi connectivity index (χ0) is 13.4. The van der Waals surface area contributed by atoms with Crippen molar-refractivity contribution in [3.63, 3.8) is 0 Å². The highest BCUT2D eigenvalue weighted by Gasteiger charge is 2.29. The van der Waals surface area contributed by atoms with Crippen LogP contribution in [0.1, 0.15) is 20.7 Å². The van der Waals surface area contributed by atoms with E-state index in [2.05, 4.69) is 10.6 Å². The number of aromatic hydroxyl groups is 1. The third-order valence-electron chi connectivity index (χ3n) is 2.91. The predicted octanol–water partition coefficient (Wildman–Crippen LogP) is 2.02. The van der Waals surface area contributed by atoms with Crippen LogP contribution in [0.4, 0.5) is 11.4 Å². The zero-order valence-corrected chi connectivity index (χ0v) is 9.81. The molecule has 2 aromatic rings. The fourth-order valence-corrected chi connectivity index (χ4v) is 2.02. The van der Waals surface area contributed by atoms with Gasteiger partial charge in [0.15, 0.2) is 0 Å². The van der Waals surface area contributed by atoms with E-state index in [0.717, 1.165) is 5.69 Å². The highest BCUT2D eigenvalue weighted by Crippen LogP contribution is 2.27. The number of phenols is 1. The van der Waals surface area contributed by atoms with Crippen LogP contribution >= 0.6 is 0 Å². The highest BCUT2D eigenvalue weighted by molar-refractivity contribution is 6.24. The van der Waals surface area contributed by atoms with Gasteiger partial charge in [0.05, 0.1) is 16.8 Å². The van der Waals surface area contributed by atoms with Gasteiger partial charge in [-0.3, -0.25) is 14.9 Å². The van der Waals surface area contributed by atoms with E-state index in [0.29, 0.717) is 16.8 Å². The van der Waals surface area contributed by atoms with Crippen LogP contribution in [0, 0.1) is 0 Å². The van der Waals surface area contributed by atoms with Crippen molar-refractivity contribution in [2.24, 2.45) is 0 Å². The number of phenolic OH excluding ortho intramolecular Hbond substituents is 1. The van der Waals surface area contributed by atoms with E-state index in [4.69, 9.17) is 0 Å². The summed E-state index contributed by atoms with van der Waals surface area (Å²) in [6.07, 6.45) is 0. The van der Waals surface area contributed by atoms with Gasteiger partial charge in [-0.1, -0.05) is 6.07 Å². The van der Waals surface area contributed by atoms with Crippen LogP contribution in [-0.4, -0.2) is 16.9 Å². The number of carbonyl (C=O) groups is 2. The fourth-order valence-electron chi connectivity index (χ4n) is 2.02. The highest BCUT2D eigenvalue weighted by atomic mass is 16.3. The Morgan fingerprint density at radius 2 is 1.68 bits per heavy atom. The van der Waals surface area contributed by atoms with Gasteiger partial charge in [-0.2, -0.15) is 0 Å². The lowest BCUT2D eigenvalue weighted by Crippen LogP contribution is -2.20. The molecule has 0 spiro atoms. The Morgan fingerprint density at radius 1 is 0.947 bits per heavy atom. The Morgan fingerprint density at radius 3 is 2.42 bits per heavy atom. The number of fused-ring (bicyclic) bond motifs is 1. The molecule has 5 nitrogen and oxygen atoms in total. The average molecular weight is 254 g/mol. The van der Waals surface area contributed by atoms with Gasteiger partial charge >= 0.3 is 0 Å². The van der Waals surface area contributed by atoms with Crippen molar-refractivity contribution < 1.29 is 14.7 Å². The summed E-state index contributed by atoms with van der Waals surface area (Å²) in [6, 6.07) is 11.5. The predicted molar refractivity (Wildman–Crippen MR) is 69.6 cm³/mol. The molecular formula is C14H10N2O3. The lowest BCUT2D eigenvalue weighted by Gasteiger charge is -2.09. The smallest absolute Gasteiger partial charge is 0.261 e. The topological polar surface area (TPSA) is 78.4 Å². The van der Waals surface area contributed by atoms with Crippen molar-refractivity contribution in [3.8, 4) is 5.75 Å². The van der Waals surface area contributed by atoms with E-state index in [1.165, 1.54) is 12.1 Å². The number of rotatable bonds is 2. The second-order valence-electron chi connectivity index (χ2n) is 4.18. The van der Waals surface area contributed by atoms with Gasteiger partial charge in [0.1, 0.15) is 5.75 Å². The molecule has 0 unspecified atom stereocenters. The molecule has 1 aliphatic rings. The van der Waals surface area contributed by atoms with Gasteiger partial charge in [0.2, 0.25) is 0 Å². The average Bonchev–Trinajstić information content (AvgIpc) is 2.69. The second-order valence-corrected chi connectivity index (χ2v) is 4.18. The van der Waals surface area contributed by atoms with Crippen LogP contribution in [0.5, 0.6) is 5.75 Å². The molecule has 2 aromatic carbocycles. The molecule has 0 aliphatic carbocycles. The van der Waals surface area contributed by atoms with Crippen molar-refractivity contribution in [2.75, 3.05) is 5.32 Å². The number of hydrogen-bond acceptors (Lipinski definition) is 4. The first-order valence-corrected chi connectivity index (χ1v) is 5.70. The summed E-state index contributed by atoms with van der Waals surface area (Å²) in [7, 11) is 0. The largest absolute Gasteiger partial charge is 0.508 e. The van der Waals surface area contributed by atoms with Crippen LogP contribution < -0.4 is 10.6 Å². The Hall–Kier alpha value is -2.82. The molecule has 0 bridgehead atoms. The van der Waals surface area contributed by atoms with Crippen molar-refractivity contribution in [3.05, 3.63) is 53.6 Å². The molecule has 5 heteroatoms. The Balaban J connectivity index is 2.01. The maximum Gasteiger partial charge on any atom is 0.261 e. The minimum absolute atomic E-state index is 0.164. The summed E-state index contributed by atoms with van der Waals surface area (Å²) < 4.78 is 0. The summed E-state index contributed by atoms with van der Waals surface area (Å²) in [4.78, 5) is 23.3. The van der Waals surface area contributed by atoms with Gasteiger partial charge < -0.3 is 10.4 Å². The molecule has 19 heavy (non-hydrogen) atoms. The quantitative estimate of drug-likeness (QED) is 0.566. The van der Waals surface area contributed by atoms with E-state index in [1.807, 2.05) is 0 Å². The Bertz CT molecular complexity index is 678. The molecule has 2 amide bonds. The first-order chi connectivity index (χ1) is 9.15. The fraction of sp³-hybridized carbons (Fsp3) is 0. The molecule has 0 saturated carbocycles. The van der Waals surface area contributed by atoms with E-state index >= 15 is 0 Å². The molecule has 1 aliphatic heterocycles. The van der Waals surface area contributed by atoms with Crippen LogP contribution in [0.25, 0.3) is 0 Å². The molecule has 0 atom stereocenters. The summed E-state index contributed by atoms with van der Waals surface area (Å²) in [5.74, 6) is -0.618. The number of imide groups is 1. The molecular weight excluding hydrogens is 244 g/mol. The Labute approximate surface area is 108 Å². The van der Waals surface area contributed by atoms with E-state index < -0.39 is 5.91 Å². The number of carbonyl (C=O) groups excluding carboxylic acids is 2. The SMILES string of the molecule is O=C1NC(=O)c2c(Nc3ccc(O)cc3)cccc21. The summed E-state index contributed by atoms with van der Waals surface area (Å²) in [5.41, 5.74) is 2.00. The number of amides is 2. The third kappa shape index (κ3) is 1.91. The molecule has 94 valence electrons. The minimum Gasteiger partial charge on any atom is -0.508 e. The molecule has 0 saturated heterocycles. The maximum atomic E-state index is 11.7. The summed E-state index contributed by atoms with van der Waals surface area (Å²) in [6.45, 7) is 0. The van der Waals surface area contributed by atoms with E-state index in [9.17, 15) is 14.7 Å². The standard InChI is InChI=1S/C14H10N2O3/c17-9-6-4-8(5-7-9)15-11-3-1-2-10-12(11)14(19)16-13(10)18/h1-7,15,17H,(H,16,18,19). The van der Waals surface area contributed by atoms with Crippen LogP contribution in [-0.2, 0) is 0 Å². The first kappa shape index (κ1) is 11.3. The minimum atomic E-state index is -0.401. The molecule has 1 heterocycles. The van der Waals surface area contributed by atoms with Crippen molar-refractivity contribution in [2.45, 2.75) is 0 Å². The van der Waals surface area contributed by atoms with Gasteiger partial charge in [0.25, 0.3) is 11.8 Å². The maximum absolute atomic E-state index is 11.7. The zero-order valence-electron chi connectivity index (χ0n) is 9.81. The molecule has 0 aromatic heterocycles. The first-order valence-electron chi connectivity index (χ1n) is 5.70. The lowest BCUT2D eigenvalue weighted by molar-refractivity contribution is 0.0880. The van der Waals surface area contributed by atoms with Crippen LogP contribution in [0.15, 0.2) is 42.5 Å². The van der Waals surface area contributed by atoms with Crippen molar-refractivity contribution >= 4 is 23.2 Å². The number of benzene rings is 2.